The van der Waals surface area contributed by atoms with Crippen LogP contribution in [0.5, 0.6) is 0 Å². The minimum Gasteiger partial charge on any atom is -0.322 e. The first-order valence-corrected chi connectivity index (χ1v) is 12.3. The van der Waals surface area contributed by atoms with E-state index in [0.717, 1.165) is 17.5 Å². The van der Waals surface area contributed by atoms with Gasteiger partial charge in [0.1, 0.15) is 0 Å². The molecule has 2 bridgehead atoms. The molecular formula is C24H22Br2N2O3. The molecule has 1 saturated heterocycles. The number of fused-ring (bicyclic) bond motifs is 5. The highest BCUT2D eigenvalue weighted by Gasteiger charge is 2.66. The summed E-state index contributed by atoms with van der Waals surface area (Å²) in [5.74, 6) is -0.775. The largest absolute Gasteiger partial charge is 0.322 e. The monoisotopic (exact) mass is 544 g/mol. The van der Waals surface area contributed by atoms with Crippen molar-refractivity contribution in [3.05, 3.63) is 59.2 Å². The highest BCUT2D eigenvalue weighted by Crippen LogP contribution is 2.60. The normalized spacial score (nSPS) is 31.3. The van der Waals surface area contributed by atoms with Crippen molar-refractivity contribution in [2.24, 2.45) is 23.7 Å². The van der Waals surface area contributed by atoms with E-state index < -0.39 is 0 Å². The van der Waals surface area contributed by atoms with E-state index in [1.54, 1.807) is 24.3 Å². The van der Waals surface area contributed by atoms with Crippen LogP contribution in [0, 0.1) is 37.5 Å². The van der Waals surface area contributed by atoms with Gasteiger partial charge in [0.05, 0.1) is 17.5 Å². The van der Waals surface area contributed by atoms with E-state index in [1.165, 1.54) is 4.90 Å². The maximum atomic E-state index is 13.2. The third-order valence-corrected chi connectivity index (χ3v) is 10.3. The second kappa shape index (κ2) is 7.55. The number of aryl methyl sites for hydroxylation is 2. The number of hydrogen-bond acceptors (Lipinski definition) is 3. The van der Waals surface area contributed by atoms with Gasteiger partial charge in [-0.2, -0.15) is 0 Å². The summed E-state index contributed by atoms with van der Waals surface area (Å²) < 4.78 is 0. The van der Waals surface area contributed by atoms with E-state index in [1.807, 2.05) is 32.0 Å². The Morgan fingerprint density at radius 3 is 2.19 bits per heavy atom. The summed E-state index contributed by atoms with van der Waals surface area (Å²) in [6.07, 6.45) is 0.894. The number of alkyl halides is 2. The predicted molar refractivity (Wildman–Crippen MR) is 127 cm³/mol. The molecule has 31 heavy (non-hydrogen) atoms. The van der Waals surface area contributed by atoms with Crippen LogP contribution in [0.2, 0.25) is 0 Å². The van der Waals surface area contributed by atoms with E-state index >= 15 is 0 Å². The molecule has 0 aromatic heterocycles. The number of imide groups is 1. The van der Waals surface area contributed by atoms with Gasteiger partial charge in [-0.1, -0.05) is 44.0 Å². The Morgan fingerprint density at radius 1 is 0.935 bits per heavy atom. The lowest BCUT2D eigenvalue weighted by Crippen LogP contribution is -2.37. The molecule has 7 heteroatoms. The van der Waals surface area contributed by atoms with Crippen molar-refractivity contribution in [2.45, 2.75) is 29.9 Å². The number of halogens is 2. The van der Waals surface area contributed by atoms with Gasteiger partial charge in [-0.05, 0) is 73.6 Å². The van der Waals surface area contributed by atoms with Crippen LogP contribution < -0.4 is 10.2 Å². The molecule has 2 aromatic carbocycles. The zero-order chi connectivity index (χ0) is 22.0. The highest BCUT2D eigenvalue weighted by molar-refractivity contribution is 9.12. The lowest BCUT2D eigenvalue weighted by atomic mass is 9.81. The third-order valence-electron chi connectivity index (χ3n) is 7.12. The Kier molecular flexibility index (Phi) is 5.09. The quantitative estimate of drug-likeness (QED) is 0.443. The molecule has 1 aliphatic heterocycles. The van der Waals surface area contributed by atoms with Gasteiger partial charge in [-0.3, -0.25) is 19.3 Å². The molecule has 2 aromatic rings. The number of benzene rings is 2. The van der Waals surface area contributed by atoms with Crippen LogP contribution >= 0.6 is 31.9 Å². The zero-order valence-corrected chi connectivity index (χ0v) is 20.3. The van der Waals surface area contributed by atoms with Gasteiger partial charge < -0.3 is 5.32 Å². The van der Waals surface area contributed by atoms with Crippen LogP contribution in [0.3, 0.4) is 0 Å². The Balaban J connectivity index is 1.40. The molecule has 1 N–H and O–H groups in total. The van der Waals surface area contributed by atoms with Crippen LogP contribution in [-0.2, 0) is 9.59 Å². The highest BCUT2D eigenvalue weighted by atomic mass is 79.9. The molecule has 5 nitrogen and oxygen atoms in total. The van der Waals surface area contributed by atoms with Crippen LogP contribution in [0.1, 0.15) is 27.9 Å². The van der Waals surface area contributed by atoms with Gasteiger partial charge in [0.25, 0.3) is 5.91 Å². The van der Waals surface area contributed by atoms with Gasteiger partial charge in [0, 0.05) is 20.9 Å². The first-order chi connectivity index (χ1) is 14.8. The van der Waals surface area contributed by atoms with Gasteiger partial charge in [0.15, 0.2) is 0 Å². The maximum absolute atomic E-state index is 13.2. The van der Waals surface area contributed by atoms with Gasteiger partial charge in [-0.15, -0.1) is 0 Å². The number of amides is 3. The van der Waals surface area contributed by atoms with E-state index in [0.29, 0.717) is 16.9 Å². The second-order valence-electron chi connectivity index (χ2n) is 8.82. The van der Waals surface area contributed by atoms with Crippen molar-refractivity contribution in [3.8, 4) is 0 Å². The fourth-order valence-electron chi connectivity index (χ4n) is 5.41. The second-order valence-corrected chi connectivity index (χ2v) is 10.9. The molecule has 0 spiro atoms. The first kappa shape index (κ1) is 20.9. The lowest BCUT2D eigenvalue weighted by molar-refractivity contribution is -0.123. The van der Waals surface area contributed by atoms with Crippen molar-refractivity contribution in [3.63, 3.8) is 0 Å². The van der Waals surface area contributed by atoms with Gasteiger partial charge in [0.2, 0.25) is 11.8 Å². The average Bonchev–Trinajstić information content (AvgIpc) is 3.35. The van der Waals surface area contributed by atoms with Crippen LogP contribution in [-0.4, -0.2) is 27.4 Å². The van der Waals surface area contributed by atoms with Crippen molar-refractivity contribution >= 4 is 61.0 Å². The van der Waals surface area contributed by atoms with E-state index in [2.05, 4.69) is 37.2 Å². The molecule has 0 unspecified atom stereocenters. The third kappa shape index (κ3) is 3.20. The number of nitrogens with one attached hydrogen (secondary N) is 1. The van der Waals surface area contributed by atoms with Gasteiger partial charge >= 0.3 is 0 Å². The lowest BCUT2D eigenvalue weighted by Gasteiger charge is -2.28. The van der Waals surface area contributed by atoms with Crippen molar-refractivity contribution < 1.29 is 14.4 Å². The molecule has 3 aliphatic rings. The molecule has 3 fully saturated rings. The topological polar surface area (TPSA) is 66.5 Å². The fourth-order valence-corrected chi connectivity index (χ4v) is 7.29. The molecule has 1 heterocycles. The van der Waals surface area contributed by atoms with Crippen LogP contribution in [0.4, 0.5) is 11.4 Å². The Hall–Kier alpha value is -1.99. The number of rotatable bonds is 3. The number of hydrogen-bond donors (Lipinski definition) is 1. The standard InChI is InChI=1S/C24H22Br2N2O3/c1-11-6-7-14(8-12(11)2)27-22(29)13-4-3-5-15(9-13)28-23(30)18-16-10-17(19(18)24(28)31)21(26)20(16)25/h3-9,16-21H,10H2,1-2H3,(H,27,29)/t16-,17-,18-,19-,20+,21+/m1/s1. The summed E-state index contributed by atoms with van der Waals surface area (Å²) in [6, 6.07) is 12.5. The first-order valence-electron chi connectivity index (χ1n) is 10.4. The fraction of sp³-hybridized carbons (Fsp3) is 0.375. The average molecular weight is 546 g/mol. The maximum Gasteiger partial charge on any atom is 0.255 e. The molecule has 3 amide bonds. The number of carbonyl (C=O) groups is 3. The van der Waals surface area contributed by atoms with Crippen LogP contribution in [0.15, 0.2) is 42.5 Å². The summed E-state index contributed by atoms with van der Waals surface area (Å²) in [7, 11) is 0. The summed E-state index contributed by atoms with van der Waals surface area (Å²) in [5.41, 5.74) is 3.84. The molecule has 2 aliphatic carbocycles. The number of carbonyl (C=O) groups excluding carboxylic acids is 3. The van der Waals surface area contributed by atoms with Gasteiger partial charge in [-0.25, -0.2) is 0 Å². The van der Waals surface area contributed by atoms with E-state index in [4.69, 9.17) is 0 Å². The smallest absolute Gasteiger partial charge is 0.255 e. The number of anilines is 2. The molecule has 0 radical (unpaired) electrons. The summed E-state index contributed by atoms with van der Waals surface area (Å²) in [4.78, 5) is 41.0. The van der Waals surface area contributed by atoms with Crippen molar-refractivity contribution in [1.82, 2.24) is 0 Å². The zero-order valence-electron chi connectivity index (χ0n) is 17.1. The van der Waals surface area contributed by atoms with E-state index in [-0.39, 0.29) is 51.0 Å². The number of nitrogens with zero attached hydrogens (tertiary/aromatic N) is 1. The molecule has 2 saturated carbocycles. The van der Waals surface area contributed by atoms with E-state index in [9.17, 15) is 14.4 Å². The minimum atomic E-state index is -0.274. The molecule has 6 atom stereocenters. The Morgan fingerprint density at radius 2 is 1.58 bits per heavy atom. The SMILES string of the molecule is Cc1ccc(NC(=O)c2cccc(N3C(=O)[C@@H]4[C@H]5C[C@@H]([C@H](Br)[C@H]5Br)[C@H]4C3=O)c2)cc1C. The molecule has 160 valence electrons. The molecular weight excluding hydrogens is 524 g/mol. The summed E-state index contributed by atoms with van der Waals surface area (Å²) >= 11 is 7.42. The predicted octanol–water partition coefficient (Wildman–Crippen LogP) is 4.84. The van der Waals surface area contributed by atoms with Crippen LogP contribution in [0.25, 0.3) is 0 Å². The Bertz CT molecular complexity index is 1090. The Labute approximate surface area is 197 Å². The molecule has 5 rings (SSSR count). The summed E-state index contributed by atoms with van der Waals surface area (Å²) in [6.45, 7) is 4.01. The minimum absolute atomic E-state index is 0.141. The van der Waals surface area contributed by atoms with Crippen molar-refractivity contribution in [1.29, 1.82) is 0 Å². The van der Waals surface area contributed by atoms with Crippen molar-refractivity contribution in [2.75, 3.05) is 10.2 Å². The summed E-state index contributed by atoms with van der Waals surface area (Å²) in [5, 5.41) is 2.90.